The van der Waals surface area contributed by atoms with Crippen LogP contribution in [0.5, 0.6) is 5.75 Å². The predicted molar refractivity (Wildman–Crippen MR) is 106 cm³/mol. The molecular weight excluding hydrogens is 376 g/mol. The van der Waals surface area contributed by atoms with Crippen molar-refractivity contribution in [1.82, 2.24) is 4.98 Å². The molecule has 0 unspecified atom stereocenters. The van der Waals surface area contributed by atoms with Gasteiger partial charge in [-0.15, -0.1) is 0 Å². The van der Waals surface area contributed by atoms with Crippen molar-refractivity contribution in [3.63, 3.8) is 0 Å². The van der Waals surface area contributed by atoms with Crippen LogP contribution in [0, 0.1) is 0 Å². The second-order valence-electron chi connectivity index (χ2n) is 6.73. The van der Waals surface area contributed by atoms with Gasteiger partial charge in [-0.25, -0.2) is 8.42 Å². The third-order valence-electron chi connectivity index (χ3n) is 4.85. The number of nitrogens with zero attached hydrogens (tertiary/aromatic N) is 2. The summed E-state index contributed by atoms with van der Waals surface area (Å²) in [6.45, 7) is 1.51. The molecule has 0 bridgehead atoms. The zero-order chi connectivity index (χ0) is 19.6. The van der Waals surface area contributed by atoms with E-state index < -0.39 is 9.84 Å². The molecule has 1 aromatic heterocycles. The van der Waals surface area contributed by atoms with Crippen LogP contribution in [0.15, 0.2) is 68.9 Å². The minimum atomic E-state index is -3.80. The Morgan fingerprint density at radius 3 is 2.46 bits per heavy atom. The van der Waals surface area contributed by atoms with Crippen molar-refractivity contribution in [3.05, 3.63) is 54.6 Å². The zero-order valence-electron chi connectivity index (χ0n) is 15.7. The van der Waals surface area contributed by atoms with Crippen LogP contribution in [0.1, 0.15) is 19.3 Å². The van der Waals surface area contributed by atoms with Crippen LogP contribution in [0.3, 0.4) is 0 Å². The lowest BCUT2D eigenvalue weighted by Crippen LogP contribution is -2.30. The van der Waals surface area contributed by atoms with Crippen molar-refractivity contribution < 1.29 is 17.6 Å². The van der Waals surface area contributed by atoms with Crippen LogP contribution in [0.2, 0.25) is 0 Å². The van der Waals surface area contributed by atoms with Crippen LogP contribution in [0.25, 0.3) is 11.5 Å². The number of anilines is 1. The smallest absolute Gasteiger partial charge is 0.236 e. The third kappa shape index (κ3) is 3.49. The van der Waals surface area contributed by atoms with Crippen molar-refractivity contribution in [3.8, 4) is 17.2 Å². The van der Waals surface area contributed by atoms with Gasteiger partial charge in [-0.3, -0.25) is 0 Å². The first-order valence-electron chi connectivity index (χ1n) is 9.30. The zero-order valence-corrected chi connectivity index (χ0v) is 16.5. The molecule has 0 atom stereocenters. The van der Waals surface area contributed by atoms with Crippen molar-refractivity contribution in [2.75, 3.05) is 25.1 Å². The summed E-state index contributed by atoms with van der Waals surface area (Å²) >= 11 is 0. The molecule has 0 spiro atoms. The van der Waals surface area contributed by atoms with Gasteiger partial charge in [0.05, 0.1) is 12.0 Å². The molecule has 3 aromatic rings. The summed E-state index contributed by atoms with van der Waals surface area (Å²) < 4.78 is 37.9. The first kappa shape index (κ1) is 18.6. The number of rotatable bonds is 5. The molecule has 1 aliphatic rings. The van der Waals surface area contributed by atoms with Crippen LogP contribution < -0.4 is 9.64 Å². The maximum Gasteiger partial charge on any atom is 0.236 e. The molecule has 0 aliphatic carbocycles. The van der Waals surface area contributed by atoms with E-state index in [4.69, 9.17) is 9.15 Å². The Kier molecular flexibility index (Phi) is 5.09. The minimum absolute atomic E-state index is 0.0292. The lowest BCUT2D eigenvalue weighted by molar-refractivity contribution is 0.414. The number of sulfone groups is 1. The number of oxazole rings is 1. The Bertz CT molecular complexity index is 1060. The number of piperidine rings is 1. The third-order valence-corrected chi connectivity index (χ3v) is 6.52. The minimum Gasteiger partial charge on any atom is -0.497 e. The number of aromatic nitrogens is 1. The number of hydrogen-bond acceptors (Lipinski definition) is 6. The Morgan fingerprint density at radius 2 is 1.75 bits per heavy atom. The molecule has 2 heterocycles. The molecular formula is C21H22N2O4S. The van der Waals surface area contributed by atoms with E-state index in [-0.39, 0.29) is 15.8 Å². The highest BCUT2D eigenvalue weighted by atomic mass is 32.2. The highest BCUT2D eigenvalue weighted by molar-refractivity contribution is 7.91. The van der Waals surface area contributed by atoms with Gasteiger partial charge in [0.2, 0.25) is 26.6 Å². The molecule has 7 heteroatoms. The van der Waals surface area contributed by atoms with E-state index in [9.17, 15) is 8.42 Å². The monoisotopic (exact) mass is 398 g/mol. The van der Waals surface area contributed by atoms with Gasteiger partial charge in [-0.05, 0) is 49.6 Å². The van der Waals surface area contributed by atoms with E-state index in [1.807, 2.05) is 23.1 Å². The fraction of sp³-hybridized carbons (Fsp3) is 0.286. The Balaban J connectivity index is 1.85. The molecule has 2 aromatic carbocycles. The van der Waals surface area contributed by atoms with E-state index in [1.165, 1.54) is 0 Å². The van der Waals surface area contributed by atoms with Crippen LogP contribution in [-0.2, 0) is 9.84 Å². The van der Waals surface area contributed by atoms with Crippen molar-refractivity contribution in [1.29, 1.82) is 0 Å². The lowest BCUT2D eigenvalue weighted by atomic mass is 10.1. The van der Waals surface area contributed by atoms with E-state index in [0.29, 0.717) is 17.2 Å². The van der Waals surface area contributed by atoms with Crippen molar-refractivity contribution >= 4 is 15.7 Å². The molecule has 28 heavy (non-hydrogen) atoms. The average molecular weight is 398 g/mol. The summed E-state index contributed by atoms with van der Waals surface area (Å²) in [4.78, 5) is 6.62. The number of hydrogen-bond donors (Lipinski definition) is 0. The Morgan fingerprint density at radius 1 is 1.00 bits per heavy atom. The fourth-order valence-corrected chi connectivity index (χ4v) is 4.70. The lowest BCUT2D eigenvalue weighted by Gasteiger charge is -2.26. The molecule has 1 aliphatic heterocycles. The van der Waals surface area contributed by atoms with E-state index in [0.717, 1.165) is 32.4 Å². The quantitative estimate of drug-likeness (QED) is 0.642. The average Bonchev–Trinajstić information content (AvgIpc) is 3.21. The normalized spacial score (nSPS) is 14.8. The summed E-state index contributed by atoms with van der Waals surface area (Å²) in [6.07, 6.45) is 3.13. The molecule has 0 N–H and O–H groups in total. The van der Waals surface area contributed by atoms with Gasteiger partial charge < -0.3 is 14.1 Å². The summed E-state index contributed by atoms with van der Waals surface area (Å²) in [5.41, 5.74) is 0.673. The first-order valence-corrected chi connectivity index (χ1v) is 10.8. The van der Waals surface area contributed by atoms with Gasteiger partial charge in [0.15, 0.2) is 0 Å². The number of methoxy groups -OCH3 is 1. The second kappa shape index (κ2) is 7.67. The van der Waals surface area contributed by atoms with Gasteiger partial charge in [-0.1, -0.05) is 24.3 Å². The van der Waals surface area contributed by atoms with Gasteiger partial charge in [0.1, 0.15) is 5.75 Å². The Hall–Kier alpha value is -2.80. The topological polar surface area (TPSA) is 72.6 Å². The maximum atomic E-state index is 13.3. The predicted octanol–water partition coefficient (Wildman–Crippen LogP) is 4.17. The summed E-state index contributed by atoms with van der Waals surface area (Å²) in [5.74, 6) is 1.25. The molecule has 1 saturated heterocycles. The molecule has 0 amide bonds. The van der Waals surface area contributed by atoms with Gasteiger partial charge in [0.25, 0.3) is 0 Å². The molecule has 146 valence electrons. The van der Waals surface area contributed by atoms with Crippen LogP contribution in [-0.4, -0.2) is 33.6 Å². The highest BCUT2D eigenvalue weighted by Gasteiger charge is 2.31. The fourth-order valence-electron chi connectivity index (χ4n) is 3.36. The van der Waals surface area contributed by atoms with Crippen LogP contribution >= 0.6 is 0 Å². The van der Waals surface area contributed by atoms with Crippen LogP contribution in [0.4, 0.5) is 5.88 Å². The molecule has 0 radical (unpaired) electrons. The molecule has 0 saturated carbocycles. The maximum absolute atomic E-state index is 13.3. The summed E-state index contributed by atoms with van der Waals surface area (Å²) in [5, 5.41) is -0.0292. The Labute approximate surface area is 164 Å². The number of benzene rings is 2. The standard InChI is InChI=1S/C21H22N2O4S/c1-26-17-10-8-9-16(15-17)19-22-20(21(27-19)23-13-6-3-7-14-23)28(24,25)18-11-4-2-5-12-18/h2,4-5,8-12,15H,3,6-7,13-14H2,1H3. The summed E-state index contributed by atoms with van der Waals surface area (Å²) in [6, 6.07) is 15.6. The molecule has 1 fully saturated rings. The second-order valence-corrected chi connectivity index (χ2v) is 8.59. The van der Waals surface area contributed by atoms with Gasteiger partial charge in [-0.2, -0.15) is 4.98 Å². The SMILES string of the molecule is COc1cccc(-c2nc(S(=O)(=O)c3ccccc3)c(N3CCCCC3)o2)c1. The molecule has 4 rings (SSSR count). The highest BCUT2D eigenvalue weighted by Crippen LogP contribution is 2.36. The van der Waals surface area contributed by atoms with Gasteiger partial charge >= 0.3 is 0 Å². The van der Waals surface area contributed by atoms with Gasteiger partial charge in [0, 0.05) is 18.7 Å². The van der Waals surface area contributed by atoms with E-state index in [2.05, 4.69) is 4.98 Å². The largest absolute Gasteiger partial charge is 0.497 e. The summed E-state index contributed by atoms with van der Waals surface area (Å²) in [7, 11) is -2.22. The number of ether oxygens (including phenoxy) is 1. The van der Waals surface area contributed by atoms with Crippen molar-refractivity contribution in [2.24, 2.45) is 0 Å². The van der Waals surface area contributed by atoms with E-state index >= 15 is 0 Å². The molecule has 6 nitrogen and oxygen atoms in total. The first-order chi connectivity index (χ1) is 13.6. The van der Waals surface area contributed by atoms with E-state index in [1.54, 1.807) is 43.5 Å². The van der Waals surface area contributed by atoms with Crippen molar-refractivity contribution in [2.45, 2.75) is 29.2 Å².